The minimum absolute atomic E-state index is 1.19. The molecule has 0 radical (unpaired) electrons. The standard InChI is InChI=1S/C2HF2N3O2S/c3-1-5-2(7-6-1)10(4,8)9/h(H,5,6,7). The van der Waals surface area contributed by atoms with E-state index in [1.54, 1.807) is 0 Å². The minimum Gasteiger partial charge on any atom is -0.234 e. The summed E-state index contributed by atoms with van der Waals surface area (Å²) < 4.78 is 43.3. The first kappa shape index (κ1) is 7.06. The molecular weight excluding hydrogens is 168 g/mol. The van der Waals surface area contributed by atoms with Gasteiger partial charge in [-0.25, -0.2) is 5.10 Å². The summed E-state index contributed by atoms with van der Waals surface area (Å²) in [6.45, 7) is 0. The second kappa shape index (κ2) is 1.97. The lowest BCUT2D eigenvalue weighted by Gasteiger charge is -1.78. The van der Waals surface area contributed by atoms with Crippen LogP contribution in [0.3, 0.4) is 0 Å². The highest BCUT2D eigenvalue weighted by molar-refractivity contribution is 7.86. The Morgan fingerprint density at radius 3 is 2.30 bits per heavy atom. The highest BCUT2D eigenvalue weighted by Gasteiger charge is 2.18. The largest absolute Gasteiger partial charge is 0.370 e. The van der Waals surface area contributed by atoms with Crippen molar-refractivity contribution >= 4 is 10.2 Å². The molecule has 0 spiro atoms. The van der Waals surface area contributed by atoms with Gasteiger partial charge in [0.05, 0.1) is 0 Å². The van der Waals surface area contributed by atoms with E-state index in [0.717, 1.165) is 0 Å². The van der Waals surface area contributed by atoms with E-state index in [1.165, 1.54) is 5.10 Å². The summed E-state index contributed by atoms with van der Waals surface area (Å²) in [7, 11) is -4.98. The molecule has 1 aromatic heterocycles. The van der Waals surface area contributed by atoms with Gasteiger partial charge >= 0.3 is 21.5 Å². The van der Waals surface area contributed by atoms with E-state index >= 15 is 0 Å². The van der Waals surface area contributed by atoms with Crippen molar-refractivity contribution in [1.29, 1.82) is 0 Å². The quantitative estimate of drug-likeness (QED) is 0.580. The van der Waals surface area contributed by atoms with Gasteiger partial charge in [0.15, 0.2) is 0 Å². The van der Waals surface area contributed by atoms with Gasteiger partial charge in [-0.15, -0.1) is 5.10 Å². The number of nitrogens with zero attached hydrogens (tertiary/aromatic N) is 2. The third-order valence-corrected chi connectivity index (χ3v) is 1.27. The van der Waals surface area contributed by atoms with Crippen LogP contribution in [0.1, 0.15) is 0 Å². The van der Waals surface area contributed by atoms with Crippen LogP contribution in [0.25, 0.3) is 0 Å². The van der Waals surface area contributed by atoms with Gasteiger partial charge in [0.25, 0.3) is 0 Å². The second-order valence-electron chi connectivity index (χ2n) is 1.35. The van der Waals surface area contributed by atoms with Gasteiger partial charge in [0.2, 0.25) is 0 Å². The Hall–Kier alpha value is -1.05. The van der Waals surface area contributed by atoms with E-state index in [2.05, 4.69) is 10.1 Å². The van der Waals surface area contributed by atoms with Crippen molar-refractivity contribution in [1.82, 2.24) is 15.2 Å². The number of hydrogen-bond donors (Lipinski definition) is 1. The van der Waals surface area contributed by atoms with Gasteiger partial charge in [0, 0.05) is 0 Å². The molecule has 0 aliphatic rings. The maximum Gasteiger partial charge on any atom is 0.370 e. The first-order chi connectivity index (χ1) is 4.50. The maximum absolute atomic E-state index is 11.8. The van der Waals surface area contributed by atoms with Crippen LogP contribution < -0.4 is 0 Å². The molecule has 0 aliphatic carbocycles. The van der Waals surface area contributed by atoms with Crippen LogP contribution in [0.4, 0.5) is 8.28 Å². The van der Waals surface area contributed by atoms with E-state index in [0.29, 0.717) is 0 Å². The average molecular weight is 169 g/mol. The van der Waals surface area contributed by atoms with Crippen LogP contribution in [0.15, 0.2) is 5.16 Å². The molecule has 0 unspecified atom stereocenters. The number of rotatable bonds is 1. The van der Waals surface area contributed by atoms with E-state index in [9.17, 15) is 16.7 Å². The summed E-state index contributed by atoms with van der Waals surface area (Å²) in [4.78, 5) is 2.59. The lowest BCUT2D eigenvalue weighted by atomic mass is 11.2. The molecule has 1 aromatic rings. The summed E-state index contributed by atoms with van der Waals surface area (Å²) in [6, 6.07) is 0. The summed E-state index contributed by atoms with van der Waals surface area (Å²) >= 11 is 0. The normalized spacial score (nSPS) is 11.8. The number of halogens is 2. The zero-order valence-corrected chi connectivity index (χ0v) is 5.19. The Bertz CT molecular complexity index is 330. The van der Waals surface area contributed by atoms with Crippen LogP contribution >= 0.6 is 0 Å². The van der Waals surface area contributed by atoms with Crippen LogP contribution in [0, 0.1) is 6.08 Å². The molecular formula is C2HF2N3O2S. The third kappa shape index (κ3) is 1.26. The summed E-state index contributed by atoms with van der Waals surface area (Å²) in [5.41, 5.74) is 0. The van der Waals surface area contributed by atoms with E-state index in [4.69, 9.17) is 0 Å². The van der Waals surface area contributed by atoms with E-state index < -0.39 is 21.5 Å². The van der Waals surface area contributed by atoms with Gasteiger partial charge in [-0.1, -0.05) is 3.89 Å². The lowest BCUT2D eigenvalue weighted by Crippen LogP contribution is -1.94. The van der Waals surface area contributed by atoms with E-state index in [-0.39, 0.29) is 0 Å². The number of nitrogens with one attached hydrogen (secondary N) is 1. The van der Waals surface area contributed by atoms with Crippen molar-refractivity contribution < 1.29 is 16.7 Å². The van der Waals surface area contributed by atoms with Crippen molar-refractivity contribution in [2.75, 3.05) is 0 Å². The predicted octanol–water partition coefficient (Wildman–Crippen LogP) is -0.398. The Morgan fingerprint density at radius 1 is 1.50 bits per heavy atom. The third-order valence-electron chi connectivity index (χ3n) is 0.656. The fraction of sp³-hybridized carbons (Fsp3) is 0. The molecule has 0 saturated heterocycles. The highest BCUT2D eigenvalue weighted by atomic mass is 32.3. The Balaban J connectivity index is 3.21. The molecule has 0 aliphatic heterocycles. The topological polar surface area (TPSA) is 75.7 Å². The van der Waals surface area contributed by atoms with Gasteiger partial charge < -0.3 is 0 Å². The van der Waals surface area contributed by atoms with Crippen LogP contribution in [-0.2, 0) is 10.2 Å². The van der Waals surface area contributed by atoms with Crippen LogP contribution in [0.5, 0.6) is 0 Å². The average Bonchev–Trinajstić information content (AvgIpc) is 2.11. The Morgan fingerprint density at radius 2 is 2.10 bits per heavy atom. The van der Waals surface area contributed by atoms with E-state index in [1.807, 2.05) is 0 Å². The second-order valence-corrected chi connectivity index (χ2v) is 2.59. The molecule has 1 N–H and O–H groups in total. The van der Waals surface area contributed by atoms with Gasteiger partial charge in [-0.05, 0) is 0 Å². The molecule has 1 rings (SSSR count). The molecule has 0 fully saturated rings. The summed E-state index contributed by atoms with van der Waals surface area (Å²) in [6.07, 6.45) is -1.24. The molecule has 0 aromatic carbocycles. The zero-order chi connectivity index (χ0) is 7.78. The molecule has 56 valence electrons. The first-order valence-corrected chi connectivity index (χ1v) is 3.41. The van der Waals surface area contributed by atoms with Crippen molar-refractivity contribution in [2.45, 2.75) is 5.16 Å². The van der Waals surface area contributed by atoms with Crippen LogP contribution in [-0.4, -0.2) is 23.6 Å². The SMILES string of the molecule is O=S(=O)(F)c1n[nH]c(F)n1. The highest BCUT2D eigenvalue weighted by Crippen LogP contribution is 2.03. The lowest BCUT2D eigenvalue weighted by molar-refractivity contribution is 0.531. The zero-order valence-electron chi connectivity index (χ0n) is 4.38. The van der Waals surface area contributed by atoms with Gasteiger partial charge in [0.1, 0.15) is 0 Å². The maximum atomic E-state index is 11.8. The number of H-pyrrole nitrogens is 1. The monoisotopic (exact) mass is 169 g/mol. The van der Waals surface area contributed by atoms with Crippen LogP contribution in [0.2, 0.25) is 0 Å². The Labute approximate surface area is 54.3 Å². The van der Waals surface area contributed by atoms with Crippen molar-refractivity contribution in [3.8, 4) is 0 Å². The predicted molar refractivity (Wildman–Crippen MR) is 24.6 cm³/mol. The molecule has 8 heteroatoms. The van der Waals surface area contributed by atoms with Crippen molar-refractivity contribution in [3.63, 3.8) is 0 Å². The molecule has 5 nitrogen and oxygen atoms in total. The smallest absolute Gasteiger partial charge is 0.234 e. The molecule has 0 bridgehead atoms. The number of hydrogen-bond acceptors (Lipinski definition) is 4. The molecule has 1 heterocycles. The number of aromatic nitrogens is 3. The minimum atomic E-state index is -4.98. The first-order valence-electron chi connectivity index (χ1n) is 2.03. The van der Waals surface area contributed by atoms with Gasteiger partial charge in [-0.2, -0.15) is 17.8 Å². The summed E-state index contributed by atoms with van der Waals surface area (Å²) in [5, 5.41) is 3.05. The molecule has 0 atom stereocenters. The summed E-state index contributed by atoms with van der Waals surface area (Å²) in [5.74, 6) is 0. The Kier molecular flexibility index (Phi) is 1.39. The van der Waals surface area contributed by atoms with Gasteiger partial charge in [-0.3, -0.25) is 0 Å². The van der Waals surface area contributed by atoms with Crippen molar-refractivity contribution in [3.05, 3.63) is 6.08 Å². The fourth-order valence-corrected chi connectivity index (χ4v) is 0.681. The van der Waals surface area contributed by atoms with Crippen molar-refractivity contribution in [2.24, 2.45) is 0 Å². The molecule has 0 amide bonds. The number of aromatic amines is 1. The fourth-order valence-electron chi connectivity index (χ4n) is 0.337. The molecule has 0 saturated carbocycles. The molecule has 10 heavy (non-hydrogen) atoms.